The average Bonchev–Trinajstić information content (AvgIpc) is 3.15. The third-order valence-corrected chi connectivity index (χ3v) is 6.09. The van der Waals surface area contributed by atoms with Crippen molar-refractivity contribution in [3.05, 3.63) is 5.82 Å². The third kappa shape index (κ3) is 2.78. The third-order valence-electron chi connectivity index (χ3n) is 5.43. The zero-order chi connectivity index (χ0) is 15.2. The van der Waals surface area contributed by atoms with Gasteiger partial charge in [0.05, 0.1) is 5.92 Å². The number of rotatable bonds is 4. The SMILES string of the molecule is CC1C(Nc2nc(C3CC3)ns2)CCC(C(=O)O)C1(C)C. The Bertz CT molecular complexity index is 539. The highest BCUT2D eigenvalue weighted by molar-refractivity contribution is 7.09. The van der Waals surface area contributed by atoms with E-state index in [1.165, 1.54) is 24.4 Å². The van der Waals surface area contributed by atoms with E-state index in [1.54, 1.807) is 0 Å². The Labute approximate surface area is 129 Å². The van der Waals surface area contributed by atoms with Gasteiger partial charge >= 0.3 is 5.97 Å². The molecule has 0 aromatic carbocycles. The fourth-order valence-corrected chi connectivity index (χ4v) is 4.11. The van der Waals surface area contributed by atoms with Crippen LogP contribution in [0.1, 0.15) is 58.2 Å². The van der Waals surface area contributed by atoms with E-state index in [4.69, 9.17) is 0 Å². The zero-order valence-corrected chi connectivity index (χ0v) is 13.6. The van der Waals surface area contributed by atoms with Crippen LogP contribution in [-0.4, -0.2) is 26.5 Å². The minimum Gasteiger partial charge on any atom is -0.481 e. The van der Waals surface area contributed by atoms with Gasteiger partial charge in [-0.15, -0.1) is 0 Å². The second-order valence-electron chi connectivity index (χ2n) is 7.06. The molecule has 0 aliphatic heterocycles. The molecular formula is C15H23N3O2S. The van der Waals surface area contributed by atoms with Gasteiger partial charge in [-0.1, -0.05) is 20.8 Å². The first kappa shape index (κ1) is 14.8. The monoisotopic (exact) mass is 309 g/mol. The van der Waals surface area contributed by atoms with Crippen LogP contribution < -0.4 is 5.32 Å². The summed E-state index contributed by atoms with van der Waals surface area (Å²) in [6.07, 6.45) is 4.02. The highest BCUT2D eigenvalue weighted by Crippen LogP contribution is 2.46. The fourth-order valence-electron chi connectivity index (χ4n) is 3.40. The van der Waals surface area contributed by atoms with Crippen molar-refractivity contribution < 1.29 is 9.90 Å². The number of carbonyl (C=O) groups is 1. The van der Waals surface area contributed by atoms with E-state index in [2.05, 4.69) is 35.4 Å². The number of aromatic nitrogens is 2. The van der Waals surface area contributed by atoms with E-state index in [1.807, 2.05) is 0 Å². The zero-order valence-electron chi connectivity index (χ0n) is 12.8. The molecule has 0 amide bonds. The van der Waals surface area contributed by atoms with Crippen LogP contribution in [-0.2, 0) is 4.79 Å². The predicted octanol–water partition coefficient (Wildman–Crippen LogP) is 3.35. The lowest BCUT2D eigenvalue weighted by Crippen LogP contribution is -2.48. The maximum absolute atomic E-state index is 11.4. The number of nitrogens with one attached hydrogen (secondary N) is 1. The van der Waals surface area contributed by atoms with Gasteiger partial charge in [0.1, 0.15) is 5.82 Å². The van der Waals surface area contributed by atoms with Gasteiger partial charge in [0, 0.05) is 23.5 Å². The number of hydrogen-bond acceptors (Lipinski definition) is 5. The smallest absolute Gasteiger partial charge is 0.307 e. The molecule has 2 aliphatic carbocycles. The summed E-state index contributed by atoms with van der Waals surface area (Å²) in [5.41, 5.74) is -0.217. The maximum Gasteiger partial charge on any atom is 0.307 e. The van der Waals surface area contributed by atoms with Crippen molar-refractivity contribution in [1.82, 2.24) is 9.36 Å². The molecule has 21 heavy (non-hydrogen) atoms. The minimum atomic E-state index is -0.669. The summed E-state index contributed by atoms with van der Waals surface area (Å²) in [6, 6.07) is 0.274. The van der Waals surface area contributed by atoms with Crippen LogP contribution in [0.15, 0.2) is 0 Å². The number of nitrogens with zero attached hydrogens (tertiary/aromatic N) is 2. The Kier molecular flexibility index (Phi) is 3.67. The van der Waals surface area contributed by atoms with Gasteiger partial charge in [-0.2, -0.15) is 4.37 Å². The molecule has 0 spiro atoms. The van der Waals surface area contributed by atoms with E-state index in [0.717, 1.165) is 23.8 Å². The van der Waals surface area contributed by atoms with Crippen molar-refractivity contribution in [2.24, 2.45) is 17.3 Å². The summed E-state index contributed by atoms with van der Waals surface area (Å²) < 4.78 is 4.42. The molecule has 5 nitrogen and oxygen atoms in total. The summed E-state index contributed by atoms with van der Waals surface area (Å²) >= 11 is 1.43. The van der Waals surface area contributed by atoms with Gasteiger partial charge in [0.15, 0.2) is 0 Å². The van der Waals surface area contributed by atoms with Crippen LogP contribution in [0.2, 0.25) is 0 Å². The van der Waals surface area contributed by atoms with Crippen LogP contribution in [0.4, 0.5) is 5.13 Å². The van der Waals surface area contributed by atoms with E-state index in [9.17, 15) is 9.90 Å². The molecule has 1 aromatic rings. The van der Waals surface area contributed by atoms with Crippen LogP contribution in [0.3, 0.4) is 0 Å². The summed E-state index contributed by atoms with van der Waals surface area (Å²) in [5.74, 6) is 0.905. The largest absolute Gasteiger partial charge is 0.481 e. The standard InChI is InChI=1S/C15H23N3O2S/c1-8-11(7-6-10(13(19)20)15(8,2)3)16-14-17-12(18-21-14)9-4-5-9/h8-11H,4-7H2,1-3H3,(H,19,20)(H,16,17,18). The number of carboxylic acid groups (broad SMARTS) is 1. The average molecular weight is 309 g/mol. The van der Waals surface area contributed by atoms with Crippen molar-refractivity contribution in [1.29, 1.82) is 0 Å². The molecule has 0 bridgehead atoms. The number of hydrogen-bond donors (Lipinski definition) is 2. The van der Waals surface area contributed by atoms with Crippen molar-refractivity contribution in [3.63, 3.8) is 0 Å². The molecule has 3 atom stereocenters. The number of aliphatic carboxylic acids is 1. The van der Waals surface area contributed by atoms with E-state index in [0.29, 0.717) is 5.92 Å². The van der Waals surface area contributed by atoms with Crippen LogP contribution in [0.5, 0.6) is 0 Å². The Balaban J connectivity index is 1.69. The highest BCUT2D eigenvalue weighted by atomic mass is 32.1. The summed E-state index contributed by atoms with van der Waals surface area (Å²) in [4.78, 5) is 16.0. The topological polar surface area (TPSA) is 75.1 Å². The summed E-state index contributed by atoms with van der Waals surface area (Å²) in [7, 11) is 0. The summed E-state index contributed by atoms with van der Waals surface area (Å²) in [5, 5.41) is 13.8. The molecule has 2 aliphatic rings. The lowest BCUT2D eigenvalue weighted by molar-refractivity contribution is -0.149. The van der Waals surface area contributed by atoms with Gasteiger partial charge < -0.3 is 10.4 Å². The summed E-state index contributed by atoms with van der Waals surface area (Å²) in [6.45, 7) is 6.29. The molecule has 1 heterocycles. The van der Waals surface area contributed by atoms with Crippen molar-refractivity contribution >= 4 is 22.6 Å². The second-order valence-corrected chi connectivity index (χ2v) is 7.81. The molecular weight excluding hydrogens is 286 g/mol. The van der Waals surface area contributed by atoms with Gasteiger partial charge in [0.25, 0.3) is 0 Å². The first-order valence-electron chi connectivity index (χ1n) is 7.72. The van der Waals surface area contributed by atoms with Gasteiger partial charge in [-0.05, 0) is 37.0 Å². The molecule has 0 radical (unpaired) electrons. The predicted molar refractivity (Wildman–Crippen MR) is 82.6 cm³/mol. The highest BCUT2D eigenvalue weighted by Gasteiger charge is 2.46. The van der Waals surface area contributed by atoms with Crippen molar-refractivity contribution in [3.8, 4) is 0 Å². The number of carboxylic acids is 1. The second kappa shape index (κ2) is 5.23. The minimum absolute atomic E-state index is 0.217. The molecule has 2 saturated carbocycles. The molecule has 3 unspecified atom stereocenters. The van der Waals surface area contributed by atoms with Crippen LogP contribution in [0, 0.1) is 17.3 Å². The molecule has 2 fully saturated rings. The molecule has 1 aromatic heterocycles. The van der Waals surface area contributed by atoms with Crippen LogP contribution >= 0.6 is 11.5 Å². The van der Waals surface area contributed by atoms with E-state index >= 15 is 0 Å². The first-order valence-corrected chi connectivity index (χ1v) is 8.50. The first-order chi connectivity index (χ1) is 9.89. The maximum atomic E-state index is 11.4. The Morgan fingerprint density at radius 1 is 1.33 bits per heavy atom. The molecule has 3 rings (SSSR count). The normalized spacial score (nSPS) is 31.9. The Morgan fingerprint density at radius 3 is 2.67 bits per heavy atom. The fraction of sp³-hybridized carbons (Fsp3) is 0.800. The van der Waals surface area contributed by atoms with Crippen LogP contribution in [0.25, 0.3) is 0 Å². The lowest BCUT2D eigenvalue weighted by atomic mass is 9.61. The van der Waals surface area contributed by atoms with Gasteiger partial charge in [0.2, 0.25) is 5.13 Å². The van der Waals surface area contributed by atoms with Crippen molar-refractivity contribution in [2.75, 3.05) is 5.32 Å². The molecule has 0 saturated heterocycles. The number of anilines is 1. The Morgan fingerprint density at radius 2 is 2.05 bits per heavy atom. The molecule has 2 N–H and O–H groups in total. The van der Waals surface area contributed by atoms with Crippen molar-refractivity contribution in [2.45, 2.75) is 58.4 Å². The van der Waals surface area contributed by atoms with Gasteiger partial charge in [-0.3, -0.25) is 4.79 Å². The molecule has 116 valence electrons. The van der Waals surface area contributed by atoms with E-state index < -0.39 is 5.97 Å². The van der Waals surface area contributed by atoms with Gasteiger partial charge in [-0.25, -0.2) is 4.98 Å². The van der Waals surface area contributed by atoms with E-state index in [-0.39, 0.29) is 23.3 Å². The Hall–Kier alpha value is -1.17. The quantitative estimate of drug-likeness (QED) is 0.892. The lowest BCUT2D eigenvalue weighted by Gasteiger charge is -2.46. The molecule has 6 heteroatoms.